The zero-order valence-electron chi connectivity index (χ0n) is 26.5. The standard InChI is InChI=1S/C36H20Cl2F5N3O7/c37-35-13-20-18(9-10-19-22(20)32(49)44(31(19)48)15-5-3-6-16(12-15)46(52)53)24(23-17-7-2-1-4-14(17)8-11-21(23)47)36(35,38)34(51)45(33(35)50)30-28(42)26(40)25(39)27(41)29(30)43/h1-9,11-12,19-20,22,24,47H,10,13H2/t19-,20+,22-,24+,35+,36-/m0/s1. The molecule has 270 valence electrons. The number of anilines is 2. The van der Waals surface area contributed by atoms with Gasteiger partial charge in [-0.15, -0.1) is 23.2 Å². The number of carbonyl (C=O) groups is 4. The number of fused-ring (bicyclic) bond motifs is 5. The molecule has 1 saturated carbocycles. The van der Waals surface area contributed by atoms with Crippen molar-refractivity contribution in [2.75, 3.05) is 9.80 Å². The van der Waals surface area contributed by atoms with Gasteiger partial charge in [-0.2, -0.15) is 0 Å². The molecule has 0 radical (unpaired) electrons. The van der Waals surface area contributed by atoms with Crippen LogP contribution in [0.15, 0.2) is 72.3 Å². The van der Waals surface area contributed by atoms with Crippen LogP contribution < -0.4 is 9.80 Å². The third-order valence-electron chi connectivity index (χ3n) is 10.8. The van der Waals surface area contributed by atoms with Gasteiger partial charge in [-0.05, 0) is 41.7 Å². The molecule has 8 rings (SSSR count). The number of phenolic OH excluding ortho intramolecular Hbond substituents is 1. The summed E-state index contributed by atoms with van der Waals surface area (Å²) < 4.78 is 73.8. The Morgan fingerprint density at radius 2 is 1.45 bits per heavy atom. The van der Waals surface area contributed by atoms with E-state index in [1.165, 1.54) is 36.4 Å². The van der Waals surface area contributed by atoms with E-state index in [1.54, 1.807) is 18.2 Å². The molecule has 2 heterocycles. The van der Waals surface area contributed by atoms with Crippen molar-refractivity contribution < 1.29 is 51.2 Å². The van der Waals surface area contributed by atoms with Crippen LogP contribution in [0.4, 0.5) is 39.0 Å². The second-order valence-electron chi connectivity index (χ2n) is 13.2. The van der Waals surface area contributed by atoms with Crippen molar-refractivity contribution in [3.8, 4) is 5.75 Å². The summed E-state index contributed by atoms with van der Waals surface area (Å²) >= 11 is 14.4. The number of phenols is 1. The van der Waals surface area contributed by atoms with E-state index >= 15 is 8.78 Å². The summed E-state index contributed by atoms with van der Waals surface area (Å²) in [6.45, 7) is 0. The van der Waals surface area contributed by atoms with Gasteiger partial charge >= 0.3 is 0 Å². The van der Waals surface area contributed by atoms with Crippen molar-refractivity contribution in [2.45, 2.75) is 28.5 Å². The fourth-order valence-electron chi connectivity index (χ4n) is 8.47. The van der Waals surface area contributed by atoms with Crippen LogP contribution in [0, 0.1) is 57.0 Å². The van der Waals surface area contributed by atoms with Crippen molar-refractivity contribution >= 4 is 74.7 Å². The number of imide groups is 2. The molecule has 4 aromatic rings. The second-order valence-corrected chi connectivity index (χ2v) is 14.4. The molecule has 0 unspecified atom stereocenters. The van der Waals surface area contributed by atoms with Crippen molar-refractivity contribution in [3.05, 3.63) is 117 Å². The molecule has 0 aromatic heterocycles. The molecule has 10 nitrogen and oxygen atoms in total. The first-order valence-electron chi connectivity index (χ1n) is 15.9. The summed E-state index contributed by atoms with van der Waals surface area (Å²) in [7, 11) is 0. The summed E-state index contributed by atoms with van der Waals surface area (Å²) in [5, 5.41) is 23.7. The lowest BCUT2D eigenvalue weighted by Gasteiger charge is -2.51. The Labute approximate surface area is 304 Å². The van der Waals surface area contributed by atoms with Crippen LogP contribution in [-0.2, 0) is 19.2 Å². The predicted octanol–water partition coefficient (Wildman–Crippen LogP) is 6.92. The Hall–Kier alpha value is -5.41. The number of aromatic hydroxyl groups is 1. The van der Waals surface area contributed by atoms with E-state index in [2.05, 4.69) is 0 Å². The molecule has 2 aliphatic heterocycles. The molecule has 3 fully saturated rings. The number of non-ortho nitro benzene ring substituents is 1. The Balaban J connectivity index is 1.36. The van der Waals surface area contributed by atoms with Crippen LogP contribution in [-0.4, -0.2) is 43.4 Å². The molecule has 2 aliphatic carbocycles. The number of carbonyl (C=O) groups excluding carboxylic acids is 4. The van der Waals surface area contributed by atoms with Gasteiger partial charge in [0.25, 0.3) is 17.5 Å². The summed E-state index contributed by atoms with van der Waals surface area (Å²) in [6.07, 6.45) is 0.560. The van der Waals surface area contributed by atoms with E-state index in [4.69, 9.17) is 23.2 Å². The maximum absolute atomic E-state index is 15.3. The zero-order valence-corrected chi connectivity index (χ0v) is 28.0. The number of hydrogen-bond donors (Lipinski definition) is 1. The molecule has 2 saturated heterocycles. The van der Waals surface area contributed by atoms with Gasteiger partial charge < -0.3 is 5.11 Å². The number of hydrogen-bond acceptors (Lipinski definition) is 7. The monoisotopic (exact) mass is 771 g/mol. The van der Waals surface area contributed by atoms with Crippen LogP contribution in [0.5, 0.6) is 5.75 Å². The number of allylic oxidation sites excluding steroid dienone is 2. The Bertz CT molecular complexity index is 2420. The van der Waals surface area contributed by atoms with E-state index in [1.807, 2.05) is 0 Å². The lowest BCUT2D eigenvalue weighted by molar-refractivity contribution is -0.384. The normalized spacial score (nSPS) is 27.9. The highest BCUT2D eigenvalue weighted by Crippen LogP contribution is 2.67. The number of nitro benzene ring substituents is 1. The van der Waals surface area contributed by atoms with Gasteiger partial charge in [-0.3, -0.25) is 29.3 Å². The molecule has 0 spiro atoms. The van der Waals surface area contributed by atoms with E-state index in [0.717, 1.165) is 17.0 Å². The molecule has 6 atom stereocenters. The fraction of sp³-hybridized carbons (Fsp3) is 0.222. The third kappa shape index (κ3) is 4.37. The Morgan fingerprint density at radius 3 is 2.13 bits per heavy atom. The predicted molar refractivity (Wildman–Crippen MR) is 178 cm³/mol. The van der Waals surface area contributed by atoms with Crippen LogP contribution >= 0.6 is 23.2 Å². The molecular weight excluding hydrogens is 752 g/mol. The maximum Gasteiger partial charge on any atom is 0.271 e. The van der Waals surface area contributed by atoms with E-state index in [9.17, 15) is 47.6 Å². The first kappa shape index (κ1) is 34.7. The summed E-state index contributed by atoms with van der Waals surface area (Å²) in [5.74, 6) is -23.4. The van der Waals surface area contributed by atoms with E-state index in [0.29, 0.717) is 5.39 Å². The number of alkyl halides is 2. The number of amides is 4. The second kappa shape index (κ2) is 11.5. The van der Waals surface area contributed by atoms with Gasteiger partial charge in [0, 0.05) is 23.6 Å². The highest BCUT2D eigenvalue weighted by Gasteiger charge is 2.77. The quantitative estimate of drug-likeness (QED) is 0.0348. The number of nitro groups is 1. The zero-order chi connectivity index (χ0) is 38.0. The minimum atomic E-state index is -2.84. The van der Waals surface area contributed by atoms with Crippen molar-refractivity contribution in [3.63, 3.8) is 0 Å². The van der Waals surface area contributed by atoms with Crippen LogP contribution in [0.1, 0.15) is 24.3 Å². The first-order valence-corrected chi connectivity index (χ1v) is 16.6. The molecule has 1 N–H and O–H groups in total. The molecular formula is C36H20Cl2F5N3O7. The van der Waals surface area contributed by atoms with Gasteiger partial charge in [-0.25, -0.2) is 31.8 Å². The third-order valence-corrected chi connectivity index (χ3v) is 12.2. The molecule has 4 aromatic carbocycles. The maximum atomic E-state index is 15.3. The smallest absolute Gasteiger partial charge is 0.271 e. The van der Waals surface area contributed by atoms with Crippen LogP contribution in [0.3, 0.4) is 0 Å². The highest BCUT2D eigenvalue weighted by atomic mass is 35.5. The van der Waals surface area contributed by atoms with Gasteiger partial charge in [0.15, 0.2) is 33.0 Å². The number of nitrogens with zero attached hydrogens (tertiary/aromatic N) is 3. The summed E-state index contributed by atoms with van der Waals surface area (Å²) in [5.41, 5.74) is -2.45. The molecule has 53 heavy (non-hydrogen) atoms. The minimum Gasteiger partial charge on any atom is -0.508 e. The van der Waals surface area contributed by atoms with Crippen LogP contribution in [0.2, 0.25) is 0 Å². The lowest BCUT2D eigenvalue weighted by Crippen LogP contribution is -2.60. The fourth-order valence-corrected chi connectivity index (χ4v) is 9.39. The molecule has 0 bridgehead atoms. The van der Waals surface area contributed by atoms with Gasteiger partial charge in [0.2, 0.25) is 17.6 Å². The van der Waals surface area contributed by atoms with Crippen LogP contribution in [0.25, 0.3) is 10.8 Å². The molecule has 4 amide bonds. The molecule has 17 heteroatoms. The number of halogens is 7. The average Bonchev–Trinajstić information content (AvgIpc) is 3.48. The van der Waals surface area contributed by atoms with Crippen molar-refractivity contribution in [1.82, 2.24) is 0 Å². The average molecular weight is 772 g/mol. The number of benzene rings is 4. The SMILES string of the molecule is O=C1[C@H]2[C@H](CC=C3[C@H]2C[C@@]2(Cl)C(=O)N(c4c(F)c(F)c(F)c(F)c4F)C(=O)[C@@]2(Cl)[C@H]3c2c(O)ccc3ccccc23)C(=O)N1c1cccc([N+](=O)[O-])c1. The molecule has 4 aliphatic rings. The van der Waals surface area contributed by atoms with Gasteiger partial charge in [-0.1, -0.05) is 48.0 Å². The topological polar surface area (TPSA) is 138 Å². The Kier molecular flexibility index (Phi) is 7.55. The van der Waals surface area contributed by atoms with Crippen molar-refractivity contribution in [1.29, 1.82) is 0 Å². The minimum absolute atomic E-state index is 0.106. The summed E-state index contributed by atoms with van der Waals surface area (Å²) in [6, 6.07) is 13.9. The Morgan fingerprint density at radius 1 is 0.792 bits per heavy atom. The van der Waals surface area contributed by atoms with E-state index < -0.39 is 115 Å². The van der Waals surface area contributed by atoms with Crippen molar-refractivity contribution in [2.24, 2.45) is 17.8 Å². The highest BCUT2D eigenvalue weighted by molar-refractivity contribution is 6.58. The first-order chi connectivity index (χ1) is 25.1. The van der Waals surface area contributed by atoms with Gasteiger partial charge in [0.05, 0.1) is 22.4 Å². The van der Waals surface area contributed by atoms with Gasteiger partial charge in [0.1, 0.15) is 11.4 Å². The lowest BCUT2D eigenvalue weighted by atomic mass is 9.56. The van der Waals surface area contributed by atoms with E-state index in [-0.39, 0.29) is 33.5 Å². The largest absolute Gasteiger partial charge is 0.508 e. The number of rotatable bonds is 4. The summed E-state index contributed by atoms with van der Waals surface area (Å²) in [4.78, 5) is 62.8.